The molecule has 1 atom stereocenters. The summed E-state index contributed by atoms with van der Waals surface area (Å²) in [5.41, 5.74) is 2.38. The molecule has 0 saturated heterocycles. The number of hydrogen-bond acceptors (Lipinski definition) is 16. The summed E-state index contributed by atoms with van der Waals surface area (Å²) >= 11 is 0. The van der Waals surface area contributed by atoms with Gasteiger partial charge in [0, 0.05) is 32.7 Å². The molecular formula is C93H118F2O16S2. The molecule has 1 aromatic heterocycles. The molecule has 7 aromatic carbocycles. The molecule has 11 rings (SSSR count). The van der Waals surface area contributed by atoms with Gasteiger partial charge in [-0.25, -0.2) is 13.2 Å². The van der Waals surface area contributed by atoms with Gasteiger partial charge in [-0.2, -0.15) is 8.78 Å². The van der Waals surface area contributed by atoms with Crippen molar-refractivity contribution in [3.05, 3.63) is 203 Å². The van der Waals surface area contributed by atoms with Crippen molar-refractivity contribution >= 4 is 88.7 Å². The van der Waals surface area contributed by atoms with E-state index < -0.39 is 54.7 Å². The number of cyclic esters (lactones) is 1. The predicted molar refractivity (Wildman–Crippen MR) is 446 cm³/mol. The molecule has 1 aliphatic heterocycles. The first-order valence-corrected chi connectivity index (χ1v) is 41.9. The van der Waals surface area contributed by atoms with Crippen LogP contribution in [0.1, 0.15) is 259 Å². The van der Waals surface area contributed by atoms with E-state index in [9.17, 15) is 50.5 Å². The Morgan fingerprint density at radius 1 is 0.531 bits per heavy atom. The van der Waals surface area contributed by atoms with Gasteiger partial charge < -0.3 is 38.1 Å². The van der Waals surface area contributed by atoms with E-state index >= 15 is 0 Å². The van der Waals surface area contributed by atoms with E-state index in [-0.39, 0.29) is 69.6 Å². The third-order valence-corrected chi connectivity index (χ3v) is 25.3. The number of halogens is 2. The number of alkyl halides is 2. The fraction of sp³-hybridized carbons (Fsp3) is 0.462. The molecule has 3 aliphatic rings. The highest BCUT2D eigenvalue weighted by atomic mass is 32.2. The number of esters is 6. The third-order valence-electron chi connectivity index (χ3n) is 22.0. The number of aromatic hydroxyl groups is 1. The first-order chi connectivity index (χ1) is 52.9. The highest BCUT2D eigenvalue weighted by Crippen LogP contribution is 2.49. The van der Waals surface area contributed by atoms with Crippen LogP contribution in [0.15, 0.2) is 170 Å². The SMILES string of the molecule is CCC(C)(C)C(=O)OC(C)(C)C1c2ccccc2C=Cc2ccccc21.CCC(C)(C)C(=O)OC(C)C(F)(F)S(=O)(=O)[O-].CCC(C)(C)C(=O)Oc1ccc(O)cc1.CCC(C)(C)C(=O)Oc1ccc2c(c1)COC2=O.CCC1(OC(=O)C(C)(C)CC)CCCCCCC1.c1ccc(-[s+]2c3ccccc3c3ccccc32)cc1. The maximum absolute atomic E-state index is 13.0. The van der Waals surface area contributed by atoms with Gasteiger partial charge in [-0.05, 0) is 255 Å². The van der Waals surface area contributed by atoms with Crippen LogP contribution in [0.25, 0.3) is 37.2 Å². The van der Waals surface area contributed by atoms with Gasteiger partial charge >= 0.3 is 41.1 Å². The van der Waals surface area contributed by atoms with Crippen LogP contribution in [-0.4, -0.2) is 76.5 Å². The second-order valence-electron chi connectivity index (χ2n) is 32.7. The lowest BCUT2D eigenvalue weighted by Gasteiger charge is -2.38. The molecule has 0 spiro atoms. The Labute approximate surface area is 671 Å². The highest BCUT2D eigenvalue weighted by Gasteiger charge is 2.48. The zero-order chi connectivity index (χ0) is 84.1. The number of fused-ring (bicyclic) bond motifs is 6. The topological polar surface area (TPSA) is 235 Å². The van der Waals surface area contributed by atoms with Gasteiger partial charge in [-0.3, -0.25) is 24.0 Å². The summed E-state index contributed by atoms with van der Waals surface area (Å²) in [6, 6.07) is 56.2. The summed E-state index contributed by atoms with van der Waals surface area (Å²) in [6.45, 7) is 34.9. The van der Waals surface area contributed by atoms with Crippen molar-refractivity contribution in [1.29, 1.82) is 0 Å². The van der Waals surface area contributed by atoms with Crippen molar-refractivity contribution in [2.24, 2.45) is 27.1 Å². The van der Waals surface area contributed by atoms with E-state index in [2.05, 4.69) is 158 Å². The van der Waals surface area contributed by atoms with Gasteiger partial charge in [0.2, 0.25) is 0 Å². The summed E-state index contributed by atoms with van der Waals surface area (Å²) in [6.07, 6.45) is 14.7. The summed E-state index contributed by atoms with van der Waals surface area (Å²) < 4.78 is 91.6. The highest BCUT2D eigenvalue weighted by molar-refractivity contribution is 7.86. The number of thiophene rings is 1. The maximum Gasteiger partial charge on any atom is 0.369 e. The van der Waals surface area contributed by atoms with E-state index in [1.807, 2.05) is 90.0 Å². The Hall–Kier alpha value is -9.11. The van der Waals surface area contributed by atoms with Gasteiger partial charge in [0.15, 0.2) is 30.5 Å². The van der Waals surface area contributed by atoms with Gasteiger partial charge in [-0.15, -0.1) is 0 Å². The minimum Gasteiger partial charge on any atom is -0.743 e. The van der Waals surface area contributed by atoms with Crippen LogP contribution in [-0.2, 0) is 59.6 Å². The van der Waals surface area contributed by atoms with Gasteiger partial charge in [0.05, 0.1) is 32.6 Å². The van der Waals surface area contributed by atoms with E-state index in [0.717, 1.165) is 44.1 Å². The Bertz CT molecular complexity index is 4570. The average molecular weight is 1590 g/mol. The number of hydrogen-bond donors (Lipinski definition) is 1. The first kappa shape index (κ1) is 92.8. The molecule has 0 radical (unpaired) electrons. The number of benzene rings is 7. The molecule has 16 nitrogen and oxygen atoms in total. The number of rotatable bonds is 20. The van der Waals surface area contributed by atoms with Crippen LogP contribution in [0.4, 0.5) is 8.78 Å². The molecule has 0 bridgehead atoms. The van der Waals surface area contributed by atoms with E-state index in [0.29, 0.717) is 36.8 Å². The number of phenols is 1. The molecule has 0 amide bonds. The molecule has 2 aliphatic carbocycles. The van der Waals surface area contributed by atoms with Gasteiger partial charge in [0.25, 0.3) is 0 Å². The fourth-order valence-corrected chi connectivity index (χ4v) is 14.8. The summed E-state index contributed by atoms with van der Waals surface area (Å²) in [4.78, 5) is 72.8. The number of carbonyl (C=O) groups is 6. The third kappa shape index (κ3) is 24.5. The second kappa shape index (κ2) is 39.8. The lowest BCUT2D eigenvalue weighted by Crippen LogP contribution is -2.44. The number of ether oxygens (including phenoxy) is 6. The van der Waals surface area contributed by atoms with Crippen LogP contribution in [0.3, 0.4) is 0 Å². The first-order valence-electron chi connectivity index (χ1n) is 39.3. The largest absolute Gasteiger partial charge is 0.743 e. The molecule has 1 fully saturated rings. The normalized spacial score (nSPS) is 14.5. The van der Waals surface area contributed by atoms with Gasteiger partial charge in [0.1, 0.15) is 35.1 Å². The Balaban J connectivity index is 0.000000213. The van der Waals surface area contributed by atoms with E-state index in [1.165, 1.54) is 105 Å². The van der Waals surface area contributed by atoms with Crippen molar-refractivity contribution in [3.8, 4) is 22.1 Å². The van der Waals surface area contributed by atoms with E-state index in [1.54, 1.807) is 37.3 Å². The quantitative estimate of drug-likeness (QED) is 0.0245. The summed E-state index contributed by atoms with van der Waals surface area (Å²) in [7, 11) is -5.80. The van der Waals surface area contributed by atoms with Crippen molar-refractivity contribution in [2.75, 3.05) is 0 Å². The summed E-state index contributed by atoms with van der Waals surface area (Å²) in [5.74, 6) is -0.924. The van der Waals surface area contributed by atoms with Crippen molar-refractivity contribution in [2.45, 2.75) is 250 Å². The molecule has 8 aromatic rings. The van der Waals surface area contributed by atoms with Crippen molar-refractivity contribution in [1.82, 2.24) is 0 Å². The predicted octanol–water partition coefficient (Wildman–Crippen LogP) is 23.6. The lowest BCUT2D eigenvalue weighted by molar-refractivity contribution is -0.174. The number of phenolic OH excluding ortho intramolecular Hbond substituents is 1. The second-order valence-corrected chi connectivity index (χ2v) is 36.2. The molecule has 612 valence electrons. The average Bonchev–Trinajstić information content (AvgIpc) is 1.67. The Morgan fingerprint density at radius 3 is 1.41 bits per heavy atom. The molecule has 1 saturated carbocycles. The molecule has 2 heterocycles. The minimum atomic E-state index is -5.86. The van der Waals surface area contributed by atoms with Crippen LogP contribution in [0.2, 0.25) is 0 Å². The summed E-state index contributed by atoms with van der Waals surface area (Å²) in [5, 5.41) is 7.21. The molecule has 1 unspecified atom stereocenters. The Morgan fingerprint density at radius 2 is 0.938 bits per heavy atom. The molecule has 113 heavy (non-hydrogen) atoms. The van der Waals surface area contributed by atoms with Crippen LogP contribution >= 0.6 is 10.5 Å². The van der Waals surface area contributed by atoms with Crippen LogP contribution in [0.5, 0.6) is 17.2 Å². The number of carbonyl (C=O) groups excluding carboxylic acids is 6. The fourth-order valence-electron chi connectivity index (χ4n) is 12.0. The lowest BCUT2D eigenvalue weighted by atomic mass is 9.77. The monoisotopic (exact) mass is 1590 g/mol. The smallest absolute Gasteiger partial charge is 0.369 e. The van der Waals surface area contributed by atoms with Gasteiger partial charge in [-0.1, -0.05) is 164 Å². The molecule has 20 heteroatoms. The zero-order valence-electron chi connectivity index (χ0n) is 69.5. The zero-order valence-corrected chi connectivity index (χ0v) is 71.2. The Kier molecular flexibility index (Phi) is 32.6. The minimum absolute atomic E-state index is 0.00702. The van der Waals surface area contributed by atoms with Crippen molar-refractivity contribution < 1.29 is 84.0 Å². The van der Waals surface area contributed by atoms with E-state index in [4.69, 9.17) is 28.8 Å². The standard InChI is InChI=1S/C24H28O2.C18H13S.C16H30O2.C14H16O4.C12H16O3.C9H16F2O5S/c1-6-23(2,3)22(25)26-24(4,5)21-19-13-9-7-11-17(19)15-16-18-12-8-10-14-20(18)21;1-2-8-14(9-3-1)19-17-12-6-4-10-15(17)16-11-5-7-13-18(16)19;1-5-15(3,4)14(17)18-16(6-2)12-10-8-7-9-11-13-16;1-4-14(2,3)13(16)18-10-5-6-11-9(7-10)8-17-12(11)15;1-4-12(2,3)11(14)15-10-7-5-9(13)6-8-10;1-5-8(3,4)7(12)16-6(2)9(10,11)17(13,14)15/h7-16,21H,6H2,1-5H3;1-13H;5-13H2,1-4H3;5-7H,4,8H2,1-3H3;5-8,13H,4H2,1-3H3;6H,5H2,1-4H3,(H,13,14,15)/q;+1;;;;/p-1. The molecule has 1 N–H and O–H groups in total. The maximum atomic E-state index is 13.0. The van der Waals surface area contributed by atoms with Crippen LogP contribution < -0.4 is 9.47 Å². The van der Waals surface area contributed by atoms with Crippen LogP contribution in [0, 0.1) is 27.1 Å². The van der Waals surface area contributed by atoms with Crippen molar-refractivity contribution in [3.63, 3.8) is 0 Å². The molecular weight excluding hydrogens is 1480 g/mol.